The van der Waals surface area contributed by atoms with Crippen molar-refractivity contribution in [3.8, 4) is 11.4 Å². The van der Waals surface area contributed by atoms with E-state index in [0.717, 1.165) is 0 Å². The normalized spacial score (nSPS) is 11.7. The van der Waals surface area contributed by atoms with Crippen LogP contribution in [0.2, 0.25) is 0 Å². The number of non-ortho nitro benzene ring substituents is 1. The van der Waals surface area contributed by atoms with Crippen molar-refractivity contribution in [2.45, 2.75) is 20.0 Å². The first-order valence-corrected chi connectivity index (χ1v) is 8.85. The summed E-state index contributed by atoms with van der Waals surface area (Å²) in [6.45, 7) is 3.27. The summed E-state index contributed by atoms with van der Waals surface area (Å²) in [6.07, 6.45) is -0.916. The van der Waals surface area contributed by atoms with Crippen molar-refractivity contribution < 1.29 is 14.5 Å². The second-order valence-corrected chi connectivity index (χ2v) is 6.44. The largest absolute Gasteiger partial charge is 0.481 e. The van der Waals surface area contributed by atoms with E-state index in [1.165, 1.54) is 35.9 Å². The zero-order valence-electron chi connectivity index (χ0n) is 16.2. The maximum atomic E-state index is 12.9. The van der Waals surface area contributed by atoms with E-state index < -0.39 is 16.9 Å². The second kappa shape index (κ2) is 8.01. The second-order valence-electron chi connectivity index (χ2n) is 6.44. The summed E-state index contributed by atoms with van der Waals surface area (Å²) in [5.41, 5.74) is 1.01. The Morgan fingerprint density at radius 1 is 1.14 bits per heavy atom. The Labute approximate surface area is 166 Å². The number of carbonyl (C=O) groups excluding carboxylic acids is 1. The number of nitro benzene ring substituents is 1. The zero-order chi connectivity index (χ0) is 21.1. The number of nitrogens with zero attached hydrogens (tertiary/aromatic N) is 3. The van der Waals surface area contributed by atoms with Crippen molar-refractivity contribution in [3.63, 3.8) is 0 Å². The Balaban J connectivity index is 1.78. The molecule has 0 radical (unpaired) electrons. The number of ether oxygens (including phenoxy) is 1. The molecule has 1 heterocycles. The molecular weight excluding hydrogens is 376 g/mol. The average molecular weight is 396 g/mol. The van der Waals surface area contributed by atoms with Crippen molar-refractivity contribution >= 4 is 17.3 Å². The Bertz CT molecular complexity index is 1100. The molecule has 0 aliphatic heterocycles. The third-order valence-electron chi connectivity index (χ3n) is 4.53. The first-order chi connectivity index (χ1) is 13.8. The van der Waals surface area contributed by atoms with E-state index in [0.29, 0.717) is 17.1 Å². The highest BCUT2D eigenvalue weighted by atomic mass is 16.6. The molecule has 3 rings (SSSR count). The number of amides is 1. The SMILES string of the molecule is Cc1c(NC(=O)[C@H](C)Oc2ccc([N+](=O)[O-])cc2)c(=O)n(-c2ccccc2)n1C. The first kappa shape index (κ1) is 19.9. The van der Waals surface area contributed by atoms with Crippen LogP contribution in [0.5, 0.6) is 5.75 Å². The number of benzene rings is 2. The van der Waals surface area contributed by atoms with Crippen molar-refractivity contribution in [1.82, 2.24) is 9.36 Å². The molecule has 1 N–H and O–H groups in total. The fraction of sp³-hybridized carbons (Fsp3) is 0.200. The van der Waals surface area contributed by atoms with E-state index in [4.69, 9.17) is 4.74 Å². The molecule has 1 atom stereocenters. The average Bonchev–Trinajstić information content (AvgIpc) is 2.92. The molecule has 2 aromatic carbocycles. The van der Waals surface area contributed by atoms with Gasteiger partial charge in [-0.05, 0) is 38.1 Å². The van der Waals surface area contributed by atoms with Crippen LogP contribution in [0, 0.1) is 17.0 Å². The molecule has 1 aromatic heterocycles. The lowest BCUT2D eigenvalue weighted by Crippen LogP contribution is -2.32. The standard InChI is InChI=1S/C20H20N4O5/c1-13-18(20(26)23(22(13)3)15-7-5-4-6-8-15)21-19(25)14(2)29-17-11-9-16(10-12-17)24(27)28/h4-12,14H,1-3H3,(H,21,25)/t14-/m0/s1. The van der Waals surface area contributed by atoms with Crippen molar-refractivity contribution in [2.24, 2.45) is 7.05 Å². The smallest absolute Gasteiger partial charge is 0.295 e. The third kappa shape index (κ3) is 4.03. The van der Waals surface area contributed by atoms with Crippen LogP contribution >= 0.6 is 0 Å². The van der Waals surface area contributed by atoms with Gasteiger partial charge in [0.1, 0.15) is 11.4 Å². The maximum absolute atomic E-state index is 12.9. The number of hydrogen-bond acceptors (Lipinski definition) is 5. The molecule has 3 aromatic rings. The number of aromatic nitrogens is 2. The number of rotatable bonds is 6. The molecule has 0 aliphatic carbocycles. The Morgan fingerprint density at radius 3 is 2.34 bits per heavy atom. The lowest BCUT2D eigenvalue weighted by molar-refractivity contribution is -0.384. The number of para-hydroxylation sites is 1. The van der Waals surface area contributed by atoms with Gasteiger partial charge in [0.05, 0.1) is 16.3 Å². The monoisotopic (exact) mass is 396 g/mol. The molecule has 29 heavy (non-hydrogen) atoms. The predicted octanol–water partition coefficient (Wildman–Crippen LogP) is 2.80. The lowest BCUT2D eigenvalue weighted by Gasteiger charge is -2.14. The fourth-order valence-electron chi connectivity index (χ4n) is 2.84. The molecule has 9 nitrogen and oxygen atoms in total. The Morgan fingerprint density at radius 2 is 1.76 bits per heavy atom. The van der Waals surface area contributed by atoms with Crippen molar-refractivity contribution in [3.05, 3.63) is 80.8 Å². The van der Waals surface area contributed by atoms with Gasteiger partial charge in [0.2, 0.25) is 0 Å². The summed E-state index contributed by atoms with van der Waals surface area (Å²) in [6, 6.07) is 14.5. The number of anilines is 1. The molecule has 0 saturated heterocycles. The van der Waals surface area contributed by atoms with Gasteiger partial charge < -0.3 is 10.1 Å². The van der Waals surface area contributed by atoms with Crippen LogP contribution in [-0.4, -0.2) is 26.3 Å². The summed E-state index contributed by atoms with van der Waals surface area (Å²) in [5, 5.41) is 13.3. The number of nitro groups is 1. The highest BCUT2D eigenvalue weighted by Crippen LogP contribution is 2.19. The minimum Gasteiger partial charge on any atom is -0.481 e. The first-order valence-electron chi connectivity index (χ1n) is 8.85. The topological polar surface area (TPSA) is 108 Å². The molecule has 0 bridgehead atoms. The highest BCUT2D eigenvalue weighted by Gasteiger charge is 2.22. The quantitative estimate of drug-likeness (QED) is 0.509. The van der Waals surface area contributed by atoms with E-state index in [-0.39, 0.29) is 16.9 Å². The van der Waals surface area contributed by atoms with Gasteiger partial charge in [-0.3, -0.25) is 24.4 Å². The van der Waals surface area contributed by atoms with Crippen LogP contribution in [-0.2, 0) is 11.8 Å². The van der Waals surface area contributed by atoms with Gasteiger partial charge in [-0.25, -0.2) is 4.68 Å². The van der Waals surface area contributed by atoms with Crippen LogP contribution in [0.1, 0.15) is 12.6 Å². The van der Waals surface area contributed by atoms with Gasteiger partial charge in [-0.2, -0.15) is 0 Å². The van der Waals surface area contributed by atoms with E-state index in [1.54, 1.807) is 30.8 Å². The van der Waals surface area contributed by atoms with Crippen molar-refractivity contribution in [1.29, 1.82) is 0 Å². The fourth-order valence-corrected chi connectivity index (χ4v) is 2.84. The van der Waals surface area contributed by atoms with Gasteiger partial charge in [-0.15, -0.1) is 0 Å². The van der Waals surface area contributed by atoms with E-state index in [9.17, 15) is 19.7 Å². The van der Waals surface area contributed by atoms with Crippen LogP contribution < -0.4 is 15.6 Å². The maximum Gasteiger partial charge on any atom is 0.295 e. The molecular formula is C20H20N4O5. The molecule has 0 aliphatic rings. The molecule has 1 amide bonds. The Kier molecular flexibility index (Phi) is 5.49. The van der Waals surface area contributed by atoms with Crippen LogP contribution in [0.15, 0.2) is 59.4 Å². The lowest BCUT2D eigenvalue weighted by atomic mass is 10.3. The molecule has 0 spiro atoms. The van der Waals surface area contributed by atoms with Gasteiger partial charge in [-0.1, -0.05) is 18.2 Å². The van der Waals surface area contributed by atoms with Gasteiger partial charge in [0, 0.05) is 19.2 Å². The van der Waals surface area contributed by atoms with E-state index in [1.807, 2.05) is 18.2 Å². The molecule has 0 saturated carbocycles. The molecule has 9 heteroatoms. The summed E-state index contributed by atoms with van der Waals surface area (Å²) >= 11 is 0. The molecule has 150 valence electrons. The molecule has 0 fully saturated rings. The summed E-state index contributed by atoms with van der Waals surface area (Å²) < 4.78 is 8.66. The minimum atomic E-state index is -0.916. The highest BCUT2D eigenvalue weighted by molar-refractivity contribution is 5.94. The van der Waals surface area contributed by atoms with Gasteiger partial charge >= 0.3 is 0 Å². The summed E-state index contributed by atoms with van der Waals surface area (Å²) in [7, 11) is 1.73. The van der Waals surface area contributed by atoms with E-state index >= 15 is 0 Å². The van der Waals surface area contributed by atoms with Gasteiger partial charge in [0.15, 0.2) is 6.10 Å². The number of hydrogen-bond donors (Lipinski definition) is 1. The third-order valence-corrected chi connectivity index (χ3v) is 4.53. The summed E-state index contributed by atoms with van der Waals surface area (Å²) in [4.78, 5) is 35.6. The van der Waals surface area contributed by atoms with Crippen LogP contribution in [0.3, 0.4) is 0 Å². The van der Waals surface area contributed by atoms with Crippen LogP contribution in [0.4, 0.5) is 11.4 Å². The predicted molar refractivity (Wildman–Crippen MR) is 108 cm³/mol. The number of carbonyl (C=O) groups is 1. The molecule has 0 unspecified atom stereocenters. The number of nitrogens with one attached hydrogen (secondary N) is 1. The van der Waals surface area contributed by atoms with E-state index in [2.05, 4.69) is 5.32 Å². The van der Waals surface area contributed by atoms with Gasteiger partial charge in [0.25, 0.3) is 17.2 Å². The zero-order valence-corrected chi connectivity index (χ0v) is 16.2. The minimum absolute atomic E-state index is 0.0733. The van der Waals surface area contributed by atoms with Crippen LogP contribution in [0.25, 0.3) is 5.69 Å². The summed E-state index contributed by atoms with van der Waals surface area (Å²) in [5.74, 6) is -0.195. The Hall–Kier alpha value is -3.88. The van der Waals surface area contributed by atoms with Crippen molar-refractivity contribution in [2.75, 3.05) is 5.32 Å².